The number of nitrogens with zero attached hydrogens (tertiary/aromatic N) is 1. The van der Waals surface area contributed by atoms with Crippen molar-refractivity contribution in [3.05, 3.63) is 55.0 Å². The fourth-order valence-electron chi connectivity index (χ4n) is 2.90. The van der Waals surface area contributed by atoms with Crippen LogP contribution in [0, 0.1) is 0 Å². The maximum Gasteiger partial charge on any atom is 0.498 e. The summed E-state index contributed by atoms with van der Waals surface area (Å²) in [5, 5.41) is 0. The van der Waals surface area contributed by atoms with E-state index in [1.165, 1.54) is 6.39 Å². The van der Waals surface area contributed by atoms with Crippen LogP contribution in [0.2, 0.25) is 0 Å². The summed E-state index contributed by atoms with van der Waals surface area (Å²) in [5.74, 6) is 0.651. The molecule has 1 aliphatic heterocycles. The van der Waals surface area contributed by atoms with Crippen molar-refractivity contribution in [2.75, 3.05) is 6.61 Å². The monoisotopic (exact) mass is 367 g/mol. The minimum Gasteiger partial charge on any atom is -0.486 e. The largest absolute Gasteiger partial charge is 0.498 e. The molecule has 0 aliphatic carbocycles. The normalized spacial score (nSPS) is 19.1. The van der Waals surface area contributed by atoms with Crippen molar-refractivity contribution in [1.29, 1.82) is 0 Å². The fraction of sp³-hybridized carbons (Fsp3) is 0.381. The van der Waals surface area contributed by atoms with Crippen LogP contribution >= 0.6 is 0 Å². The molecule has 1 aliphatic rings. The standard InChI is InChI=1S/C21H26BNO4/c1-7-9-15(10-8-2)13-24-17-12-11-16(19-18(17)23-14-25-19)22-26-20(3,4)21(5,6)27-22/h7-12,14H,1,13H2,2-6H3/b10-8-,15-9+. The highest BCUT2D eigenvalue weighted by Crippen LogP contribution is 2.37. The third kappa shape index (κ3) is 3.73. The van der Waals surface area contributed by atoms with E-state index in [9.17, 15) is 0 Å². The Kier molecular flexibility index (Phi) is 5.31. The average Bonchev–Trinajstić information content (AvgIpc) is 3.15. The number of fused-ring (bicyclic) bond motifs is 1. The Labute approximate surface area is 160 Å². The van der Waals surface area contributed by atoms with Gasteiger partial charge in [-0.1, -0.05) is 36.9 Å². The SMILES string of the molecule is C=C/C=C(\C=C/C)COc1ccc(B2OC(C)(C)C(C)(C)O2)c2ocnc12. The molecule has 2 aromatic rings. The van der Waals surface area contributed by atoms with Crippen LogP contribution in [0.5, 0.6) is 5.75 Å². The van der Waals surface area contributed by atoms with Crippen molar-refractivity contribution in [2.24, 2.45) is 0 Å². The van der Waals surface area contributed by atoms with E-state index in [0.717, 1.165) is 11.0 Å². The van der Waals surface area contributed by atoms with Crippen LogP contribution in [-0.4, -0.2) is 29.9 Å². The van der Waals surface area contributed by atoms with Crippen molar-refractivity contribution in [3.8, 4) is 5.75 Å². The van der Waals surface area contributed by atoms with E-state index < -0.39 is 18.3 Å². The number of rotatable bonds is 6. The molecular formula is C21H26BNO4. The predicted octanol–water partition coefficient (Wildman–Crippen LogP) is 4.19. The molecule has 0 radical (unpaired) electrons. The molecule has 27 heavy (non-hydrogen) atoms. The zero-order valence-corrected chi connectivity index (χ0v) is 16.6. The third-order valence-corrected chi connectivity index (χ3v) is 5.09. The van der Waals surface area contributed by atoms with Gasteiger partial charge in [0, 0.05) is 5.46 Å². The third-order valence-electron chi connectivity index (χ3n) is 5.09. The van der Waals surface area contributed by atoms with Crippen LogP contribution in [0.25, 0.3) is 11.1 Å². The molecule has 0 amide bonds. The van der Waals surface area contributed by atoms with Gasteiger partial charge in [-0.3, -0.25) is 0 Å². The Morgan fingerprint density at radius 2 is 1.93 bits per heavy atom. The maximum atomic E-state index is 6.15. The molecule has 1 aromatic heterocycles. The number of hydrogen-bond donors (Lipinski definition) is 0. The molecule has 0 saturated carbocycles. The predicted molar refractivity (Wildman–Crippen MR) is 108 cm³/mol. The molecule has 1 fully saturated rings. The topological polar surface area (TPSA) is 53.7 Å². The van der Waals surface area contributed by atoms with Gasteiger partial charge in [-0.2, -0.15) is 0 Å². The van der Waals surface area contributed by atoms with Crippen LogP contribution in [0.3, 0.4) is 0 Å². The first-order valence-electron chi connectivity index (χ1n) is 9.08. The number of benzene rings is 1. The zero-order chi connectivity index (χ0) is 19.7. The summed E-state index contributed by atoms with van der Waals surface area (Å²) >= 11 is 0. The van der Waals surface area contributed by atoms with E-state index >= 15 is 0 Å². The van der Waals surface area contributed by atoms with Crippen LogP contribution in [0.1, 0.15) is 34.6 Å². The minimum atomic E-state index is -0.515. The van der Waals surface area contributed by atoms with Gasteiger partial charge < -0.3 is 18.5 Å². The van der Waals surface area contributed by atoms with E-state index in [1.54, 1.807) is 6.08 Å². The molecule has 5 nitrogen and oxygen atoms in total. The number of allylic oxidation sites excluding steroid dienone is 3. The van der Waals surface area contributed by atoms with Crippen LogP contribution in [0.15, 0.2) is 59.4 Å². The number of oxazole rings is 1. The summed E-state index contributed by atoms with van der Waals surface area (Å²) in [4.78, 5) is 4.33. The molecule has 6 heteroatoms. The molecule has 2 heterocycles. The van der Waals surface area contributed by atoms with Gasteiger partial charge in [-0.05, 0) is 46.3 Å². The molecule has 3 rings (SSSR count). The van der Waals surface area contributed by atoms with Gasteiger partial charge in [0.2, 0.25) is 0 Å². The highest BCUT2D eigenvalue weighted by Gasteiger charge is 2.52. The first-order chi connectivity index (χ1) is 12.8. The van der Waals surface area contributed by atoms with Gasteiger partial charge in [0.1, 0.15) is 12.4 Å². The summed E-state index contributed by atoms with van der Waals surface area (Å²) in [6, 6.07) is 3.80. The molecule has 0 unspecified atom stereocenters. The Morgan fingerprint density at radius 1 is 1.22 bits per heavy atom. The lowest BCUT2D eigenvalue weighted by Gasteiger charge is -2.32. The smallest absolute Gasteiger partial charge is 0.486 e. The van der Waals surface area contributed by atoms with Crippen molar-refractivity contribution >= 4 is 23.7 Å². The Bertz CT molecular complexity index is 879. The fourth-order valence-corrected chi connectivity index (χ4v) is 2.90. The number of aromatic nitrogens is 1. The van der Waals surface area contributed by atoms with Crippen molar-refractivity contribution in [3.63, 3.8) is 0 Å². The molecule has 142 valence electrons. The quantitative estimate of drug-likeness (QED) is 0.566. The first kappa shape index (κ1) is 19.5. The lowest BCUT2D eigenvalue weighted by molar-refractivity contribution is 0.00578. The molecule has 0 spiro atoms. The molecule has 0 atom stereocenters. The second-order valence-corrected chi connectivity index (χ2v) is 7.54. The molecule has 1 saturated heterocycles. The molecule has 0 N–H and O–H groups in total. The second kappa shape index (κ2) is 7.37. The van der Waals surface area contributed by atoms with Crippen molar-refractivity contribution in [1.82, 2.24) is 4.98 Å². The molecule has 1 aromatic carbocycles. The highest BCUT2D eigenvalue weighted by molar-refractivity contribution is 6.64. The van der Waals surface area contributed by atoms with E-state index in [2.05, 4.69) is 11.6 Å². The van der Waals surface area contributed by atoms with Gasteiger partial charge in [0.15, 0.2) is 17.5 Å². The van der Waals surface area contributed by atoms with Gasteiger partial charge in [0.05, 0.1) is 11.2 Å². The zero-order valence-electron chi connectivity index (χ0n) is 16.6. The first-order valence-corrected chi connectivity index (χ1v) is 9.08. The van der Waals surface area contributed by atoms with E-state index in [-0.39, 0.29) is 0 Å². The van der Waals surface area contributed by atoms with Gasteiger partial charge in [-0.25, -0.2) is 4.98 Å². The van der Waals surface area contributed by atoms with Gasteiger partial charge in [-0.15, -0.1) is 0 Å². The lowest BCUT2D eigenvalue weighted by Crippen LogP contribution is -2.41. The minimum absolute atomic E-state index is 0.411. The van der Waals surface area contributed by atoms with E-state index in [4.69, 9.17) is 18.5 Å². The van der Waals surface area contributed by atoms with Crippen LogP contribution < -0.4 is 10.2 Å². The summed E-state index contributed by atoms with van der Waals surface area (Å²) < 4.78 is 23.9. The molecular weight excluding hydrogens is 341 g/mol. The Morgan fingerprint density at radius 3 is 2.56 bits per heavy atom. The second-order valence-electron chi connectivity index (χ2n) is 7.54. The van der Waals surface area contributed by atoms with Crippen LogP contribution in [0.4, 0.5) is 0 Å². The Hall–Kier alpha value is -2.31. The van der Waals surface area contributed by atoms with E-state index in [1.807, 2.05) is 65.0 Å². The Balaban J connectivity index is 1.88. The summed E-state index contributed by atoms with van der Waals surface area (Å²) in [7, 11) is -0.515. The van der Waals surface area contributed by atoms with Crippen LogP contribution in [-0.2, 0) is 9.31 Å². The highest BCUT2D eigenvalue weighted by atomic mass is 16.7. The number of ether oxygens (including phenoxy) is 1. The summed E-state index contributed by atoms with van der Waals surface area (Å²) in [5.41, 5.74) is 2.25. The summed E-state index contributed by atoms with van der Waals surface area (Å²) in [6.45, 7) is 14.2. The van der Waals surface area contributed by atoms with E-state index in [0.29, 0.717) is 23.5 Å². The van der Waals surface area contributed by atoms with Crippen molar-refractivity contribution < 1.29 is 18.5 Å². The van der Waals surface area contributed by atoms with Crippen molar-refractivity contribution in [2.45, 2.75) is 45.8 Å². The number of hydrogen-bond acceptors (Lipinski definition) is 5. The van der Waals surface area contributed by atoms with Gasteiger partial charge >= 0.3 is 7.12 Å². The van der Waals surface area contributed by atoms with Gasteiger partial charge in [0.25, 0.3) is 0 Å². The lowest BCUT2D eigenvalue weighted by atomic mass is 9.78. The maximum absolute atomic E-state index is 6.15. The average molecular weight is 367 g/mol. The molecule has 0 bridgehead atoms. The summed E-state index contributed by atoms with van der Waals surface area (Å²) in [6.07, 6.45) is 9.02.